The lowest BCUT2D eigenvalue weighted by molar-refractivity contribution is -0.142. The summed E-state index contributed by atoms with van der Waals surface area (Å²) in [5.41, 5.74) is 4.76. The van der Waals surface area contributed by atoms with Gasteiger partial charge < -0.3 is 15.2 Å². The van der Waals surface area contributed by atoms with Gasteiger partial charge in [-0.05, 0) is 56.4 Å². The number of rotatable bonds is 7. The number of hydrogen-bond acceptors (Lipinski definition) is 6. The van der Waals surface area contributed by atoms with Gasteiger partial charge in [-0.2, -0.15) is 10.1 Å². The molecule has 2 heterocycles. The number of benzene rings is 2. The first-order valence-corrected chi connectivity index (χ1v) is 12.9. The van der Waals surface area contributed by atoms with E-state index in [1.165, 1.54) is 7.11 Å². The molecule has 2 aromatic carbocycles. The molecule has 0 spiro atoms. The van der Waals surface area contributed by atoms with Crippen LogP contribution in [0.15, 0.2) is 54.9 Å². The van der Waals surface area contributed by atoms with Gasteiger partial charge >= 0.3 is 12.0 Å². The molecule has 1 saturated carbocycles. The van der Waals surface area contributed by atoms with E-state index in [9.17, 15) is 14.7 Å². The maximum absolute atomic E-state index is 13.4. The van der Waals surface area contributed by atoms with Gasteiger partial charge in [0.15, 0.2) is 0 Å². The topological polar surface area (TPSA) is 119 Å². The SMILES string of the molecule is CC#Cc1ccc(C(=O)NC2CCC(C(=O)O)CC2)c2c1cnn2Cc1ccc(-c2ccnc(OC)n2)cc1. The summed E-state index contributed by atoms with van der Waals surface area (Å²) in [6.07, 6.45) is 5.84. The van der Waals surface area contributed by atoms with Crippen LogP contribution in [-0.4, -0.2) is 49.9 Å². The molecule has 9 heteroatoms. The van der Waals surface area contributed by atoms with Gasteiger partial charge in [-0.25, -0.2) is 4.98 Å². The molecule has 0 aliphatic heterocycles. The highest BCUT2D eigenvalue weighted by molar-refractivity contribution is 6.07. The number of fused-ring (bicyclic) bond motifs is 1. The summed E-state index contributed by atoms with van der Waals surface area (Å²) in [7, 11) is 1.53. The van der Waals surface area contributed by atoms with Crippen LogP contribution >= 0.6 is 0 Å². The van der Waals surface area contributed by atoms with Gasteiger partial charge in [-0.15, -0.1) is 5.92 Å². The fourth-order valence-corrected chi connectivity index (χ4v) is 5.05. The lowest BCUT2D eigenvalue weighted by Crippen LogP contribution is -2.38. The minimum atomic E-state index is -0.761. The predicted molar refractivity (Wildman–Crippen MR) is 146 cm³/mol. The Morgan fingerprint density at radius 3 is 2.56 bits per heavy atom. The van der Waals surface area contributed by atoms with E-state index < -0.39 is 5.97 Å². The average molecular weight is 524 g/mol. The number of hydrogen-bond donors (Lipinski definition) is 2. The van der Waals surface area contributed by atoms with Gasteiger partial charge in [0, 0.05) is 28.8 Å². The molecule has 1 aliphatic rings. The predicted octanol–water partition coefficient (Wildman–Crippen LogP) is 4.29. The minimum absolute atomic E-state index is 0.0532. The van der Waals surface area contributed by atoms with Crippen LogP contribution < -0.4 is 10.1 Å². The first kappa shape index (κ1) is 25.9. The van der Waals surface area contributed by atoms with Gasteiger partial charge in [0.05, 0.1) is 42.5 Å². The number of nitrogens with one attached hydrogen (secondary N) is 1. The van der Waals surface area contributed by atoms with Crippen molar-refractivity contribution in [2.75, 3.05) is 7.11 Å². The fraction of sp³-hybridized carbons (Fsp3) is 0.300. The average Bonchev–Trinajstić information content (AvgIpc) is 3.38. The lowest BCUT2D eigenvalue weighted by Gasteiger charge is -2.27. The normalized spacial score (nSPS) is 16.8. The molecule has 4 aromatic rings. The molecule has 2 aromatic heterocycles. The summed E-state index contributed by atoms with van der Waals surface area (Å²) in [5, 5.41) is 17.8. The molecule has 1 fully saturated rings. The molecular formula is C30H29N5O4. The largest absolute Gasteiger partial charge is 0.481 e. The van der Waals surface area contributed by atoms with E-state index in [4.69, 9.17) is 4.74 Å². The molecule has 1 amide bonds. The third kappa shape index (κ3) is 5.60. The number of carboxylic acids is 1. The summed E-state index contributed by atoms with van der Waals surface area (Å²) in [5.74, 6) is 4.77. The fourth-order valence-electron chi connectivity index (χ4n) is 5.05. The zero-order valence-corrected chi connectivity index (χ0v) is 21.8. The van der Waals surface area contributed by atoms with Crippen molar-refractivity contribution in [3.8, 4) is 29.1 Å². The van der Waals surface area contributed by atoms with Gasteiger partial charge in [0.2, 0.25) is 0 Å². The molecule has 198 valence electrons. The summed E-state index contributed by atoms with van der Waals surface area (Å²) in [6, 6.07) is 13.7. The van der Waals surface area contributed by atoms with Crippen LogP contribution in [0, 0.1) is 17.8 Å². The van der Waals surface area contributed by atoms with E-state index in [0.29, 0.717) is 43.8 Å². The van der Waals surface area contributed by atoms with Crippen LogP contribution in [0.1, 0.15) is 54.1 Å². The van der Waals surface area contributed by atoms with Crippen molar-refractivity contribution < 1.29 is 19.4 Å². The smallest absolute Gasteiger partial charge is 0.316 e. The number of carboxylic acid groups (broad SMARTS) is 1. The summed E-state index contributed by atoms with van der Waals surface area (Å²) < 4.78 is 6.96. The molecule has 0 radical (unpaired) electrons. The van der Waals surface area contributed by atoms with Crippen molar-refractivity contribution in [1.82, 2.24) is 25.1 Å². The van der Waals surface area contributed by atoms with Crippen LogP contribution in [0.3, 0.4) is 0 Å². The number of aromatic nitrogens is 4. The number of methoxy groups -OCH3 is 1. The van der Waals surface area contributed by atoms with E-state index >= 15 is 0 Å². The Morgan fingerprint density at radius 2 is 1.87 bits per heavy atom. The van der Waals surface area contributed by atoms with Gasteiger partial charge in [-0.3, -0.25) is 14.3 Å². The minimum Gasteiger partial charge on any atom is -0.481 e. The molecule has 0 bridgehead atoms. The van der Waals surface area contributed by atoms with E-state index in [0.717, 1.165) is 33.3 Å². The van der Waals surface area contributed by atoms with Gasteiger partial charge in [0.25, 0.3) is 5.91 Å². The molecular weight excluding hydrogens is 494 g/mol. The van der Waals surface area contributed by atoms with Gasteiger partial charge in [0.1, 0.15) is 0 Å². The number of nitrogens with zero attached hydrogens (tertiary/aromatic N) is 4. The van der Waals surface area contributed by atoms with Crippen LogP contribution in [-0.2, 0) is 11.3 Å². The number of amides is 1. The second-order valence-electron chi connectivity index (χ2n) is 9.59. The van der Waals surface area contributed by atoms with E-state index in [-0.39, 0.29) is 17.9 Å². The Morgan fingerprint density at radius 1 is 1.10 bits per heavy atom. The molecule has 5 rings (SSSR count). The summed E-state index contributed by atoms with van der Waals surface area (Å²) in [6.45, 7) is 2.24. The van der Waals surface area contributed by atoms with Crippen LogP contribution in [0.5, 0.6) is 6.01 Å². The van der Waals surface area contributed by atoms with E-state index in [2.05, 4.69) is 32.2 Å². The zero-order chi connectivity index (χ0) is 27.4. The van der Waals surface area contributed by atoms with Crippen LogP contribution in [0.25, 0.3) is 22.2 Å². The molecule has 0 unspecified atom stereocenters. The van der Waals surface area contributed by atoms with Crippen molar-refractivity contribution in [2.24, 2.45) is 5.92 Å². The standard InChI is InChI=1S/C30H29N5O4/c1-3-4-20-11-14-24(28(36)33-23-12-9-22(10-13-23)29(37)38)27-25(20)17-32-35(27)18-19-5-7-21(8-6-19)26-15-16-31-30(34-26)39-2/h5-8,11,14-17,22-23H,9-10,12-13,18H2,1-2H3,(H,33,36)(H,37,38). The highest BCUT2D eigenvalue weighted by Gasteiger charge is 2.27. The van der Waals surface area contributed by atoms with Crippen molar-refractivity contribution in [3.05, 3.63) is 71.5 Å². The Hall–Kier alpha value is -4.71. The maximum Gasteiger partial charge on any atom is 0.316 e. The highest BCUT2D eigenvalue weighted by Crippen LogP contribution is 2.27. The second kappa shape index (κ2) is 11.4. The van der Waals surface area contributed by atoms with Crippen molar-refractivity contribution >= 4 is 22.8 Å². The zero-order valence-electron chi connectivity index (χ0n) is 21.8. The van der Waals surface area contributed by atoms with E-state index in [1.54, 1.807) is 25.4 Å². The third-order valence-electron chi connectivity index (χ3n) is 7.12. The first-order chi connectivity index (χ1) is 19.0. The van der Waals surface area contributed by atoms with Crippen molar-refractivity contribution in [1.29, 1.82) is 0 Å². The summed E-state index contributed by atoms with van der Waals surface area (Å²) in [4.78, 5) is 33.2. The lowest BCUT2D eigenvalue weighted by atomic mass is 9.86. The van der Waals surface area contributed by atoms with E-state index in [1.807, 2.05) is 41.1 Å². The first-order valence-electron chi connectivity index (χ1n) is 12.9. The second-order valence-corrected chi connectivity index (χ2v) is 9.59. The molecule has 0 saturated heterocycles. The molecule has 0 atom stereocenters. The van der Waals surface area contributed by atoms with Crippen LogP contribution in [0.4, 0.5) is 0 Å². The Bertz CT molecular complexity index is 1570. The molecule has 9 nitrogen and oxygen atoms in total. The maximum atomic E-state index is 13.4. The van der Waals surface area contributed by atoms with Crippen molar-refractivity contribution in [2.45, 2.75) is 45.2 Å². The van der Waals surface area contributed by atoms with Gasteiger partial charge in [-0.1, -0.05) is 30.2 Å². The number of carbonyl (C=O) groups excluding carboxylic acids is 1. The summed E-state index contributed by atoms with van der Waals surface area (Å²) >= 11 is 0. The molecule has 1 aliphatic carbocycles. The van der Waals surface area contributed by atoms with Crippen molar-refractivity contribution in [3.63, 3.8) is 0 Å². The third-order valence-corrected chi connectivity index (χ3v) is 7.12. The molecule has 2 N–H and O–H groups in total. The Balaban J connectivity index is 1.41. The Labute approximate surface area is 226 Å². The molecule has 39 heavy (non-hydrogen) atoms. The number of ether oxygens (including phenoxy) is 1. The number of aliphatic carboxylic acids is 1. The monoisotopic (exact) mass is 523 g/mol. The van der Waals surface area contributed by atoms with Crippen LogP contribution in [0.2, 0.25) is 0 Å². The highest BCUT2D eigenvalue weighted by atomic mass is 16.5. The quantitative estimate of drug-likeness (QED) is 0.347. The number of carbonyl (C=O) groups is 2. The Kier molecular flexibility index (Phi) is 7.55.